The van der Waals surface area contributed by atoms with E-state index in [2.05, 4.69) is 0 Å². The molecule has 0 saturated heterocycles. The van der Waals surface area contributed by atoms with E-state index in [1.54, 1.807) is 0 Å². The van der Waals surface area contributed by atoms with Crippen LogP contribution in [0.15, 0.2) is 12.1 Å². The second-order valence-electron chi connectivity index (χ2n) is 3.41. The van der Waals surface area contributed by atoms with Crippen molar-refractivity contribution < 1.29 is 41.0 Å². The maximum absolute atomic E-state index is 12.5. The Labute approximate surface area is 101 Å². The van der Waals surface area contributed by atoms with Crippen LogP contribution in [0.3, 0.4) is 0 Å². The summed E-state index contributed by atoms with van der Waals surface area (Å²) in [5.74, 6) is -2.38. The van der Waals surface area contributed by atoms with Gasteiger partial charge in [-0.1, -0.05) is 0 Å². The molecule has 0 fully saturated rings. The Hall–Kier alpha value is -2.06. The second kappa shape index (κ2) is 4.56. The van der Waals surface area contributed by atoms with Gasteiger partial charge in [0.15, 0.2) is 0 Å². The van der Waals surface area contributed by atoms with Gasteiger partial charge in [0.25, 0.3) is 0 Å². The topological polar surface area (TPSA) is 54.4 Å². The number of hydrogen-bond donors (Lipinski definition) is 1. The van der Waals surface area contributed by atoms with Crippen molar-refractivity contribution in [3.8, 4) is 0 Å². The minimum absolute atomic E-state index is 0.0612. The van der Waals surface area contributed by atoms with E-state index in [-0.39, 0.29) is 18.4 Å². The van der Waals surface area contributed by atoms with Crippen LogP contribution in [0.2, 0.25) is 0 Å². The van der Waals surface area contributed by atoms with E-state index in [0.29, 0.717) is 0 Å². The highest BCUT2D eigenvalue weighted by Gasteiger charge is 2.43. The lowest BCUT2D eigenvalue weighted by Crippen LogP contribution is -2.20. The molecule has 0 unspecified atom stereocenters. The molecule has 0 aliphatic carbocycles. The molecule has 1 rings (SSSR count). The summed E-state index contributed by atoms with van der Waals surface area (Å²) in [6.07, 6.45) is -10.9. The van der Waals surface area contributed by atoms with Gasteiger partial charge in [-0.3, -0.25) is 4.79 Å². The highest BCUT2D eigenvalue weighted by molar-refractivity contribution is 5.93. The lowest BCUT2D eigenvalue weighted by molar-refractivity contribution is -0.144. The number of carboxylic acid groups (broad SMARTS) is 1. The van der Waals surface area contributed by atoms with E-state index in [9.17, 15) is 35.9 Å². The van der Waals surface area contributed by atoms with Crippen molar-refractivity contribution in [1.29, 1.82) is 0 Å². The molecule has 104 valence electrons. The third kappa shape index (κ3) is 3.04. The van der Waals surface area contributed by atoms with E-state index in [1.165, 1.54) is 0 Å². The maximum atomic E-state index is 12.5. The second-order valence-corrected chi connectivity index (χ2v) is 3.41. The van der Waals surface area contributed by atoms with Gasteiger partial charge in [-0.15, -0.1) is 0 Å². The number of aldehydes is 1. The first-order chi connectivity index (χ1) is 8.48. The molecular formula is C10H4F6O3. The normalized spacial score (nSPS) is 12.3. The number of alkyl halides is 6. The molecule has 0 spiro atoms. The largest absolute Gasteiger partial charge is 0.478 e. The van der Waals surface area contributed by atoms with Gasteiger partial charge in [-0.25, -0.2) is 4.79 Å². The van der Waals surface area contributed by atoms with Crippen LogP contribution in [-0.4, -0.2) is 17.4 Å². The van der Waals surface area contributed by atoms with Crippen molar-refractivity contribution in [2.75, 3.05) is 0 Å². The zero-order chi connectivity index (χ0) is 15.0. The fourth-order valence-electron chi connectivity index (χ4n) is 1.41. The number of halogens is 6. The van der Waals surface area contributed by atoms with E-state index in [4.69, 9.17) is 5.11 Å². The van der Waals surface area contributed by atoms with Crippen molar-refractivity contribution in [2.24, 2.45) is 0 Å². The number of aromatic carboxylic acids is 1. The first kappa shape index (κ1) is 15.0. The standard InChI is InChI=1S/C10H4F6O3/c11-9(12,13)5-1-4(3-17)2-6(10(14,15)16)7(5)8(18)19/h1-3H,(H,18,19). The minimum Gasteiger partial charge on any atom is -0.478 e. The first-order valence-electron chi connectivity index (χ1n) is 4.49. The predicted octanol–water partition coefficient (Wildman–Crippen LogP) is 3.23. The minimum atomic E-state index is -5.33. The van der Waals surface area contributed by atoms with Crippen molar-refractivity contribution >= 4 is 12.3 Å². The van der Waals surface area contributed by atoms with E-state index < -0.39 is 40.6 Å². The van der Waals surface area contributed by atoms with Crippen molar-refractivity contribution in [1.82, 2.24) is 0 Å². The zero-order valence-electron chi connectivity index (χ0n) is 8.76. The monoisotopic (exact) mass is 286 g/mol. The van der Waals surface area contributed by atoms with Gasteiger partial charge in [-0.05, 0) is 12.1 Å². The molecule has 0 aliphatic rings. The highest BCUT2D eigenvalue weighted by atomic mass is 19.4. The molecule has 0 bridgehead atoms. The van der Waals surface area contributed by atoms with Gasteiger partial charge < -0.3 is 5.11 Å². The molecule has 0 radical (unpaired) electrons. The van der Waals surface area contributed by atoms with Gasteiger partial charge in [0.2, 0.25) is 0 Å². The van der Waals surface area contributed by atoms with Gasteiger partial charge in [0, 0.05) is 5.56 Å². The van der Waals surface area contributed by atoms with Crippen LogP contribution >= 0.6 is 0 Å². The summed E-state index contributed by atoms with van der Waals surface area (Å²) >= 11 is 0. The average Bonchev–Trinajstić information content (AvgIpc) is 2.24. The van der Waals surface area contributed by atoms with Crippen molar-refractivity contribution in [3.05, 3.63) is 34.4 Å². The molecule has 0 atom stereocenters. The fraction of sp³-hybridized carbons (Fsp3) is 0.200. The molecule has 1 aromatic rings. The summed E-state index contributed by atoms with van der Waals surface area (Å²) in [7, 11) is 0. The Morgan fingerprint density at radius 2 is 1.37 bits per heavy atom. The van der Waals surface area contributed by atoms with E-state index in [0.717, 1.165) is 0 Å². The van der Waals surface area contributed by atoms with E-state index >= 15 is 0 Å². The highest BCUT2D eigenvalue weighted by Crippen LogP contribution is 2.40. The molecule has 0 heterocycles. The molecule has 0 aromatic heterocycles. The summed E-state index contributed by atoms with van der Waals surface area (Å²) in [4.78, 5) is 21.0. The van der Waals surface area contributed by atoms with Crippen LogP contribution in [-0.2, 0) is 12.4 Å². The number of rotatable bonds is 2. The molecular weight excluding hydrogens is 282 g/mol. The number of carboxylic acids is 1. The number of carbonyl (C=O) groups is 2. The van der Waals surface area contributed by atoms with Crippen LogP contribution in [0, 0.1) is 0 Å². The number of benzene rings is 1. The summed E-state index contributed by atoms with van der Waals surface area (Å²) in [6, 6.07) is 0.122. The van der Waals surface area contributed by atoms with Gasteiger partial charge in [0.05, 0.1) is 16.7 Å². The van der Waals surface area contributed by atoms with Crippen LogP contribution < -0.4 is 0 Å². The Morgan fingerprint density at radius 3 is 1.58 bits per heavy atom. The molecule has 1 aromatic carbocycles. The summed E-state index contributed by atoms with van der Waals surface area (Å²) in [5.41, 5.74) is -6.87. The van der Waals surface area contributed by atoms with Gasteiger partial charge in [0.1, 0.15) is 6.29 Å². The third-order valence-electron chi connectivity index (χ3n) is 2.12. The van der Waals surface area contributed by atoms with Crippen LogP contribution in [0.5, 0.6) is 0 Å². The maximum Gasteiger partial charge on any atom is 0.417 e. The molecule has 3 nitrogen and oxygen atoms in total. The summed E-state index contributed by atoms with van der Waals surface area (Å²) in [6.45, 7) is 0. The van der Waals surface area contributed by atoms with Gasteiger partial charge in [-0.2, -0.15) is 26.3 Å². The van der Waals surface area contributed by atoms with Crippen LogP contribution in [0.1, 0.15) is 31.8 Å². The molecule has 0 aliphatic heterocycles. The molecule has 9 heteroatoms. The summed E-state index contributed by atoms with van der Waals surface area (Å²) in [5, 5.41) is 8.55. The van der Waals surface area contributed by atoms with Crippen molar-refractivity contribution in [3.63, 3.8) is 0 Å². The number of hydrogen-bond acceptors (Lipinski definition) is 2. The summed E-state index contributed by atoms with van der Waals surface area (Å²) < 4.78 is 75.3. The molecule has 19 heavy (non-hydrogen) atoms. The van der Waals surface area contributed by atoms with Crippen LogP contribution in [0.4, 0.5) is 26.3 Å². The molecule has 1 N–H and O–H groups in total. The smallest absolute Gasteiger partial charge is 0.417 e. The van der Waals surface area contributed by atoms with Crippen LogP contribution in [0.25, 0.3) is 0 Å². The van der Waals surface area contributed by atoms with Crippen molar-refractivity contribution in [2.45, 2.75) is 12.4 Å². The quantitative estimate of drug-likeness (QED) is 0.670. The number of carbonyl (C=O) groups excluding carboxylic acids is 1. The Bertz CT molecular complexity index is 494. The SMILES string of the molecule is O=Cc1cc(C(F)(F)F)c(C(=O)O)c(C(F)(F)F)c1. The average molecular weight is 286 g/mol. The lowest BCUT2D eigenvalue weighted by atomic mass is 9.97. The van der Waals surface area contributed by atoms with E-state index in [1.807, 2.05) is 0 Å². The Balaban J connectivity index is 3.81. The Morgan fingerprint density at radius 1 is 1.00 bits per heavy atom. The molecule has 0 saturated carbocycles. The zero-order valence-corrected chi connectivity index (χ0v) is 8.76. The first-order valence-corrected chi connectivity index (χ1v) is 4.49. The molecule has 0 amide bonds. The van der Waals surface area contributed by atoms with Gasteiger partial charge >= 0.3 is 18.3 Å². The fourth-order valence-corrected chi connectivity index (χ4v) is 1.41. The predicted molar refractivity (Wildman–Crippen MR) is 48.8 cm³/mol. The third-order valence-corrected chi connectivity index (χ3v) is 2.12. The Kier molecular flexibility index (Phi) is 3.60. The lowest BCUT2D eigenvalue weighted by Gasteiger charge is -2.16.